The molecule has 6 N–H and O–H groups in total. The first-order chi connectivity index (χ1) is 36.7. The first kappa shape index (κ1) is 61.8. The van der Waals surface area contributed by atoms with E-state index in [-0.39, 0.29) is 136 Å². The number of carbonyl (C=O) groups excluding carboxylic acids is 10. The molecule has 4 aliphatic heterocycles. The first-order valence-electron chi connectivity index (χ1n) is 26.6. The number of nitrogens with one attached hydrogen (secondary N) is 2. The summed E-state index contributed by atoms with van der Waals surface area (Å²) in [5.74, 6) is -3.98. The van der Waals surface area contributed by atoms with Crippen LogP contribution < -0.4 is 41.7 Å². The molecular weight excluding hydrogens is 1070 g/mol. The maximum absolute atomic E-state index is 14.0. The summed E-state index contributed by atoms with van der Waals surface area (Å²) in [6.45, 7) is 14.7. The van der Waals surface area contributed by atoms with Gasteiger partial charge in [0.15, 0.2) is 11.6 Å². The van der Waals surface area contributed by atoms with E-state index in [0.29, 0.717) is 35.6 Å². The topological polar surface area (TPSA) is 260 Å². The molecule has 4 aromatic rings. The molecule has 0 spiro atoms. The number of hydrogen-bond donors (Lipinski definition) is 4. The molecule has 0 bridgehead atoms. The Morgan fingerprint density at radius 1 is 0.570 bits per heavy atom. The van der Waals surface area contributed by atoms with Crippen LogP contribution in [0.3, 0.4) is 0 Å². The van der Waals surface area contributed by atoms with Crippen molar-refractivity contribution < 1.29 is 47.9 Å². The Hall–Kier alpha value is -6.45. The molecule has 2 aromatic carbocycles. The smallest absolute Gasteiger partial charge is 0.240 e. The zero-order chi connectivity index (χ0) is 57.0. The molecule has 424 valence electrons. The average molecular weight is 1140 g/mol. The van der Waals surface area contributed by atoms with Crippen molar-refractivity contribution >= 4 is 117 Å². The highest BCUT2D eigenvalue weighted by molar-refractivity contribution is 7.08. The van der Waals surface area contributed by atoms with Crippen LogP contribution in [-0.2, 0) is 73.9 Å². The van der Waals surface area contributed by atoms with Gasteiger partial charge in [0, 0.05) is 50.4 Å². The van der Waals surface area contributed by atoms with Gasteiger partial charge in [-0.3, -0.25) is 47.9 Å². The second kappa shape index (κ2) is 25.8. The summed E-state index contributed by atoms with van der Waals surface area (Å²) in [7, 11) is 0. The second-order valence-corrected chi connectivity index (χ2v) is 24.4. The first-order valence-corrected chi connectivity index (χ1v) is 28.5. The third-order valence-electron chi connectivity index (χ3n) is 14.2. The predicted octanol–water partition coefficient (Wildman–Crippen LogP) is 7.09. The number of carbonyl (C=O) groups is 10. The summed E-state index contributed by atoms with van der Waals surface area (Å²) in [5.41, 5.74) is 14.9. The van der Waals surface area contributed by atoms with Crippen molar-refractivity contribution in [2.75, 3.05) is 19.6 Å². The number of ketones is 2. The summed E-state index contributed by atoms with van der Waals surface area (Å²) >= 11 is 3.02. The van der Waals surface area contributed by atoms with Crippen molar-refractivity contribution in [3.8, 4) is 0 Å². The molecule has 4 atom stereocenters. The Kier molecular flexibility index (Phi) is 20.1. The summed E-state index contributed by atoms with van der Waals surface area (Å²) in [5, 5.41) is 13.3. The van der Waals surface area contributed by atoms with E-state index in [4.69, 9.17) is 11.5 Å². The van der Waals surface area contributed by atoms with Crippen LogP contribution in [0, 0.1) is 23.7 Å². The molecule has 8 amide bonds. The number of nitrogens with two attached hydrogens (primary N) is 2. The van der Waals surface area contributed by atoms with E-state index in [1.54, 1.807) is 61.8 Å². The number of halogens is 1. The Morgan fingerprint density at radius 2 is 0.911 bits per heavy atom. The van der Waals surface area contributed by atoms with Gasteiger partial charge in [-0.25, -0.2) is 9.80 Å². The molecule has 4 aliphatic rings. The van der Waals surface area contributed by atoms with E-state index in [9.17, 15) is 47.9 Å². The van der Waals surface area contributed by atoms with Gasteiger partial charge < -0.3 is 31.9 Å². The fraction of sp³-hybridized carbons (Fsp3) is 0.483. The maximum Gasteiger partial charge on any atom is 0.240 e. The lowest BCUT2D eigenvalue weighted by molar-refractivity contribution is -0.132. The Labute approximate surface area is 475 Å². The quantitative estimate of drug-likeness (QED) is 0.0647. The average Bonchev–Trinajstić information content (AvgIpc) is 4.33. The number of imide groups is 2. The lowest BCUT2D eigenvalue weighted by Gasteiger charge is -2.37. The molecule has 2 fully saturated rings. The van der Waals surface area contributed by atoms with Crippen molar-refractivity contribution in [3.05, 3.63) is 92.3 Å². The number of para-hydroxylation sites is 2. The molecule has 0 radical (unpaired) electrons. The van der Waals surface area contributed by atoms with E-state index >= 15 is 0 Å². The van der Waals surface area contributed by atoms with Gasteiger partial charge in [-0.1, -0.05) is 52.0 Å². The van der Waals surface area contributed by atoms with Crippen LogP contribution in [0.25, 0.3) is 0 Å². The van der Waals surface area contributed by atoms with E-state index < -0.39 is 46.8 Å². The van der Waals surface area contributed by atoms with Gasteiger partial charge in [-0.05, 0) is 133 Å². The fourth-order valence-corrected chi connectivity index (χ4v) is 11.6. The van der Waals surface area contributed by atoms with Crippen molar-refractivity contribution in [1.29, 1.82) is 0 Å². The maximum atomic E-state index is 14.0. The van der Waals surface area contributed by atoms with Crippen LogP contribution in [0.5, 0.6) is 0 Å². The molecule has 79 heavy (non-hydrogen) atoms. The lowest BCUT2D eigenvalue weighted by Crippen LogP contribution is -2.54. The fourth-order valence-electron chi connectivity index (χ4n) is 10.2. The summed E-state index contributed by atoms with van der Waals surface area (Å²) in [4.78, 5) is 136. The van der Waals surface area contributed by atoms with Gasteiger partial charge in [0.25, 0.3) is 0 Å². The number of amides is 8. The monoisotopic (exact) mass is 1140 g/mol. The Balaban J connectivity index is 0.000000252. The number of rotatable bonds is 20. The standard InChI is InChI=1S/2C29H36N4O5S.ClH/c2*1-17(2)12-21(31-28(38)29(3,4)30)23(34)14-20-13-19-6-5-7-22(33-24(35)8-9-25(33)36)26(19)32(27(20)37)15-18-10-11-39-16-18;/h2*5-7,10-11,16-17,20-21H,8-9,12-15,30H2,1-4H3,(H,31,38);1H/t2*20?,21-;/m11./s1. The van der Waals surface area contributed by atoms with Crippen molar-refractivity contribution in [2.45, 2.75) is 156 Å². The molecule has 2 saturated heterocycles. The van der Waals surface area contributed by atoms with Crippen LogP contribution in [0.1, 0.15) is 129 Å². The van der Waals surface area contributed by atoms with Crippen LogP contribution in [0.4, 0.5) is 22.7 Å². The number of fused-ring (bicyclic) bond motifs is 2. The number of nitrogens with zero attached hydrogens (tertiary/aromatic N) is 4. The normalized spacial score (nSPS) is 18.3. The van der Waals surface area contributed by atoms with Crippen molar-refractivity contribution in [3.63, 3.8) is 0 Å². The minimum absolute atomic E-state index is 0. The van der Waals surface area contributed by atoms with Gasteiger partial charge in [0.2, 0.25) is 47.3 Å². The zero-order valence-corrected chi connectivity index (χ0v) is 48.6. The summed E-state index contributed by atoms with van der Waals surface area (Å²) in [6.07, 6.45) is 1.90. The van der Waals surface area contributed by atoms with Crippen LogP contribution >= 0.6 is 35.1 Å². The highest BCUT2D eigenvalue weighted by Gasteiger charge is 2.43. The van der Waals surface area contributed by atoms with Crippen LogP contribution in [0.2, 0.25) is 0 Å². The largest absolute Gasteiger partial charge is 0.345 e. The summed E-state index contributed by atoms with van der Waals surface area (Å²) < 4.78 is 0. The molecule has 0 saturated carbocycles. The van der Waals surface area contributed by atoms with Crippen LogP contribution in [-0.4, -0.2) is 82.0 Å². The predicted molar refractivity (Wildman–Crippen MR) is 308 cm³/mol. The van der Waals surface area contributed by atoms with Gasteiger partial charge in [-0.2, -0.15) is 22.7 Å². The van der Waals surface area contributed by atoms with Gasteiger partial charge in [0.05, 0.1) is 59.0 Å². The number of benzene rings is 2. The molecule has 21 heteroatoms. The zero-order valence-electron chi connectivity index (χ0n) is 46.1. The highest BCUT2D eigenvalue weighted by atomic mass is 35.5. The Morgan fingerprint density at radius 3 is 1.20 bits per heavy atom. The van der Waals surface area contributed by atoms with E-state index in [1.807, 2.05) is 73.5 Å². The third kappa shape index (κ3) is 14.7. The van der Waals surface area contributed by atoms with Gasteiger partial charge >= 0.3 is 0 Å². The highest BCUT2D eigenvalue weighted by Crippen LogP contribution is 2.44. The number of anilines is 4. The van der Waals surface area contributed by atoms with E-state index in [2.05, 4.69) is 10.6 Å². The number of Topliss-reactive ketones (excluding diaryl/α,β-unsaturated/α-hetero) is 2. The van der Waals surface area contributed by atoms with Crippen molar-refractivity contribution in [2.24, 2.45) is 35.1 Å². The number of hydrogen-bond acceptors (Lipinski definition) is 14. The molecule has 18 nitrogen and oxygen atoms in total. The summed E-state index contributed by atoms with van der Waals surface area (Å²) in [6, 6.07) is 13.0. The van der Waals surface area contributed by atoms with E-state index in [0.717, 1.165) is 22.3 Å². The molecule has 2 aromatic heterocycles. The van der Waals surface area contributed by atoms with Crippen LogP contribution in [0.15, 0.2) is 70.1 Å². The minimum Gasteiger partial charge on any atom is -0.345 e. The lowest BCUT2D eigenvalue weighted by atomic mass is 9.84. The molecule has 8 rings (SSSR count). The van der Waals surface area contributed by atoms with E-state index in [1.165, 1.54) is 32.5 Å². The van der Waals surface area contributed by atoms with Gasteiger partial charge in [-0.15, -0.1) is 12.4 Å². The SMILES string of the molecule is CC(C)C[C@@H](NC(=O)C(C)(C)N)C(=O)CC1Cc2cccc(N3C(=O)CCC3=O)c2N(Cc2ccsc2)C1=O.CC(C)C[C@@H](NC(=O)C(C)(C)N)C(=O)CC1Cc2cccc(N3C(=O)CCC3=O)c2N(Cc2ccsc2)C1=O.Cl. The Bertz CT molecular complexity index is 2740. The second-order valence-electron chi connectivity index (χ2n) is 22.8. The molecule has 6 heterocycles. The minimum atomic E-state index is -1.15. The third-order valence-corrected chi connectivity index (χ3v) is 15.7. The number of thiophene rings is 2. The molecule has 2 unspecified atom stereocenters. The van der Waals surface area contributed by atoms with Gasteiger partial charge in [0.1, 0.15) is 0 Å². The van der Waals surface area contributed by atoms with Crippen molar-refractivity contribution in [1.82, 2.24) is 10.6 Å². The molecule has 0 aliphatic carbocycles. The molecular formula is C58H73ClN8O10S2.